The Hall–Kier alpha value is -0.890. The lowest BCUT2D eigenvalue weighted by molar-refractivity contribution is -0.153. The van der Waals surface area contributed by atoms with Crippen LogP contribution >= 0.6 is 0 Å². The Morgan fingerprint density at radius 2 is 1.68 bits per heavy atom. The van der Waals surface area contributed by atoms with Crippen molar-refractivity contribution in [3.63, 3.8) is 0 Å². The monoisotopic (exact) mass is 518 g/mol. The number of carbonyl (C=O) groups is 1. The van der Waals surface area contributed by atoms with Gasteiger partial charge in [0.2, 0.25) is 0 Å². The number of ether oxygens (including phenoxy) is 2. The third-order valence-corrected chi connectivity index (χ3v) is 13.8. The Morgan fingerprint density at radius 1 is 1.03 bits per heavy atom. The average molecular weight is 519 g/mol. The number of nitrogens with zero attached hydrogens (tertiary/aromatic N) is 1. The molecule has 4 N–H and O–H groups in total. The van der Waals surface area contributed by atoms with Crippen molar-refractivity contribution < 1.29 is 24.5 Å². The predicted octanol–water partition coefficient (Wildman–Crippen LogP) is 3.80. The number of fused-ring (bicyclic) bond motifs is 4. The summed E-state index contributed by atoms with van der Waals surface area (Å²) in [6.45, 7) is 11.8. The van der Waals surface area contributed by atoms with E-state index in [0.29, 0.717) is 17.8 Å². The number of nitrogens with two attached hydrogens (primary N) is 1. The van der Waals surface area contributed by atoms with Gasteiger partial charge in [-0.1, -0.05) is 34.6 Å². The van der Waals surface area contributed by atoms with Gasteiger partial charge in [-0.25, -0.2) is 4.79 Å². The summed E-state index contributed by atoms with van der Waals surface area (Å²) in [6, 6.07) is 0. The van der Waals surface area contributed by atoms with Gasteiger partial charge in [0.1, 0.15) is 6.61 Å². The van der Waals surface area contributed by atoms with Crippen LogP contribution < -0.4 is 5.73 Å². The van der Waals surface area contributed by atoms with Crippen molar-refractivity contribution in [2.75, 3.05) is 20.7 Å². The van der Waals surface area contributed by atoms with Crippen molar-refractivity contribution in [3.8, 4) is 0 Å². The van der Waals surface area contributed by atoms with Crippen LogP contribution in [0.15, 0.2) is 0 Å². The molecule has 5 saturated carbocycles. The second-order valence-corrected chi connectivity index (χ2v) is 15.1. The fourth-order valence-electron chi connectivity index (χ4n) is 12.2. The molecule has 5 aliphatic carbocycles. The first-order valence-electron chi connectivity index (χ1n) is 14.9. The van der Waals surface area contributed by atoms with Gasteiger partial charge in [-0.15, -0.1) is 0 Å². The summed E-state index contributed by atoms with van der Waals surface area (Å²) in [6.07, 6.45) is 5.17. The number of amides is 1. The molecule has 1 saturated heterocycles. The molecule has 0 aromatic heterocycles. The quantitative estimate of drug-likeness (QED) is 0.514. The third kappa shape index (κ3) is 2.86. The minimum atomic E-state index is -0.733. The zero-order valence-corrected chi connectivity index (χ0v) is 24.0. The molecule has 7 nitrogen and oxygen atoms in total. The Balaban J connectivity index is 1.32. The van der Waals surface area contributed by atoms with E-state index in [1.807, 2.05) is 0 Å². The number of aliphatic hydroxyl groups excluding tert-OH is 2. The summed E-state index contributed by atoms with van der Waals surface area (Å²) >= 11 is 0. The van der Waals surface area contributed by atoms with Gasteiger partial charge in [0, 0.05) is 14.1 Å². The number of aliphatic hydroxyl groups is 2. The summed E-state index contributed by atoms with van der Waals surface area (Å²) < 4.78 is 12.1. The molecular formula is C30H50N2O5. The van der Waals surface area contributed by atoms with E-state index in [4.69, 9.17) is 15.2 Å². The molecule has 1 aliphatic heterocycles. The van der Waals surface area contributed by atoms with Gasteiger partial charge >= 0.3 is 6.09 Å². The first kappa shape index (κ1) is 26.3. The first-order valence-corrected chi connectivity index (χ1v) is 14.9. The summed E-state index contributed by atoms with van der Waals surface area (Å²) in [4.78, 5) is 13.5. The lowest BCUT2D eigenvalue weighted by Gasteiger charge is -2.63. The van der Waals surface area contributed by atoms with E-state index < -0.39 is 11.6 Å². The summed E-state index contributed by atoms with van der Waals surface area (Å²) in [5.41, 5.74) is 7.05. The highest BCUT2D eigenvalue weighted by Crippen LogP contribution is 2.89. The van der Waals surface area contributed by atoms with Gasteiger partial charge in [-0.3, -0.25) is 0 Å². The molecule has 13 atom stereocenters. The Morgan fingerprint density at radius 3 is 2.35 bits per heavy atom. The molecule has 0 aromatic rings. The highest BCUT2D eigenvalue weighted by Gasteiger charge is 2.88. The van der Waals surface area contributed by atoms with Gasteiger partial charge in [-0.2, -0.15) is 0 Å². The van der Waals surface area contributed by atoms with E-state index in [-0.39, 0.29) is 64.5 Å². The predicted molar refractivity (Wildman–Crippen MR) is 140 cm³/mol. The van der Waals surface area contributed by atoms with E-state index in [2.05, 4.69) is 34.6 Å². The SMILES string of the molecule is C[C@H]1[C@@]23CC[C@]4(C)[C@@H]5[C@H](O[C@@H](COC(=O)N(C)C)C[C@H]5C)[C@H](O)[C@@]4(N)[C@@H]2CC[C@H]2C(C)(C)[C@@H](O)CC[C@@]123. The van der Waals surface area contributed by atoms with E-state index in [1.54, 1.807) is 14.1 Å². The number of rotatable bonds is 2. The van der Waals surface area contributed by atoms with Crippen molar-refractivity contribution in [3.05, 3.63) is 0 Å². The van der Waals surface area contributed by atoms with Crippen molar-refractivity contribution in [1.29, 1.82) is 0 Å². The zero-order chi connectivity index (χ0) is 26.9. The second kappa shape index (κ2) is 7.86. The van der Waals surface area contributed by atoms with Gasteiger partial charge in [0.25, 0.3) is 0 Å². The number of hydrogen-bond acceptors (Lipinski definition) is 6. The van der Waals surface area contributed by atoms with Crippen LogP contribution in [-0.4, -0.2) is 71.9 Å². The maximum absolute atomic E-state index is 12.1. The molecule has 2 spiro atoms. The van der Waals surface area contributed by atoms with Crippen LogP contribution in [0.25, 0.3) is 0 Å². The van der Waals surface area contributed by atoms with E-state index in [0.717, 1.165) is 38.5 Å². The van der Waals surface area contributed by atoms with E-state index >= 15 is 0 Å². The molecule has 1 amide bonds. The molecule has 7 heteroatoms. The standard InChI is InChI=1S/C30H50N2O5/c1-16-14-18(15-36-25(35)32(6)7)37-23-22(16)27(5)12-13-29-17(2)28(29)11-10-21(33)26(3,4)19(28)8-9-20(29)30(27,31)24(23)34/h16-24,33-34H,8-15,31H2,1-7H3/t16-,17-,18-,19+,20-,21+,22+,23+,24+,27-,28-,29+,30+/m1/s1. The first-order chi connectivity index (χ1) is 17.2. The van der Waals surface area contributed by atoms with Crippen LogP contribution in [0.4, 0.5) is 4.79 Å². The lowest BCUT2D eigenvalue weighted by Crippen LogP contribution is -2.70. The average Bonchev–Trinajstić information content (AvgIpc) is 3.31. The maximum Gasteiger partial charge on any atom is 0.409 e. The molecule has 6 fully saturated rings. The molecule has 0 aromatic carbocycles. The van der Waals surface area contributed by atoms with Crippen LogP contribution in [0.1, 0.15) is 79.6 Å². The summed E-state index contributed by atoms with van der Waals surface area (Å²) in [7, 11) is 3.36. The topological polar surface area (TPSA) is 105 Å². The Bertz CT molecular complexity index is 972. The van der Waals surface area contributed by atoms with Crippen LogP contribution in [0, 0.1) is 51.2 Å². The van der Waals surface area contributed by atoms with E-state index in [9.17, 15) is 15.0 Å². The van der Waals surface area contributed by atoms with Gasteiger partial charge in [-0.05, 0) is 96.2 Å². The molecule has 0 unspecified atom stereocenters. The highest BCUT2D eigenvalue weighted by molar-refractivity contribution is 5.66. The van der Waals surface area contributed by atoms with E-state index in [1.165, 1.54) is 11.3 Å². The minimum absolute atomic E-state index is 0.0827. The highest BCUT2D eigenvalue weighted by atomic mass is 16.6. The molecule has 6 rings (SSSR count). The summed E-state index contributed by atoms with van der Waals surface area (Å²) in [5, 5.41) is 23.1. The van der Waals surface area contributed by atoms with Crippen molar-refractivity contribution >= 4 is 6.09 Å². The smallest absolute Gasteiger partial charge is 0.409 e. The molecule has 0 bridgehead atoms. The van der Waals surface area contributed by atoms with Gasteiger partial charge in [0.05, 0.1) is 30.0 Å². The van der Waals surface area contributed by atoms with Gasteiger partial charge < -0.3 is 30.3 Å². The third-order valence-electron chi connectivity index (χ3n) is 13.8. The van der Waals surface area contributed by atoms with Crippen molar-refractivity contribution in [1.82, 2.24) is 4.90 Å². The van der Waals surface area contributed by atoms with Crippen LogP contribution in [-0.2, 0) is 9.47 Å². The minimum Gasteiger partial charge on any atom is -0.447 e. The largest absolute Gasteiger partial charge is 0.447 e. The molecular weight excluding hydrogens is 468 g/mol. The normalized spacial score (nSPS) is 57.2. The Labute approximate surface area is 222 Å². The molecule has 1 heterocycles. The summed E-state index contributed by atoms with van der Waals surface area (Å²) in [5.74, 6) is 1.86. The van der Waals surface area contributed by atoms with Crippen LogP contribution in [0.2, 0.25) is 0 Å². The van der Waals surface area contributed by atoms with Crippen molar-refractivity contribution in [2.45, 2.75) is 110 Å². The van der Waals surface area contributed by atoms with Crippen LogP contribution in [0.3, 0.4) is 0 Å². The molecule has 37 heavy (non-hydrogen) atoms. The fourth-order valence-corrected chi connectivity index (χ4v) is 12.2. The Kier molecular flexibility index (Phi) is 5.59. The van der Waals surface area contributed by atoms with Crippen LogP contribution in [0.5, 0.6) is 0 Å². The fraction of sp³-hybridized carbons (Fsp3) is 0.967. The molecule has 210 valence electrons. The second-order valence-electron chi connectivity index (χ2n) is 15.1. The van der Waals surface area contributed by atoms with Gasteiger partial charge in [0.15, 0.2) is 0 Å². The maximum atomic E-state index is 12.1. The lowest BCUT2D eigenvalue weighted by atomic mass is 9.43. The molecule has 6 aliphatic rings. The number of hydrogen-bond donors (Lipinski definition) is 3. The molecule has 0 radical (unpaired) electrons. The number of carbonyl (C=O) groups excluding carboxylic acids is 1. The van der Waals surface area contributed by atoms with Crippen molar-refractivity contribution in [2.24, 2.45) is 57.0 Å². The zero-order valence-electron chi connectivity index (χ0n) is 24.0.